The quantitative estimate of drug-likeness (QED) is 0.384. The molecule has 0 aromatic heterocycles. The Morgan fingerprint density at radius 1 is 0.971 bits per heavy atom. The van der Waals surface area contributed by atoms with Gasteiger partial charge in [-0.3, -0.25) is 13.9 Å². The number of halogens is 4. The van der Waals surface area contributed by atoms with Crippen molar-refractivity contribution >= 4 is 73.9 Å². The lowest BCUT2D eigenvalue weighted by atomic mass is 10.1. The summed E-state index contributed by atoms with van der Waals surface area (Å²) in [5.41, 5.74) is 0.492. The molecular weight excluding hydrogens is 556 g/mol. The number of carbonyl (C=O) groups is 2. The smallest absolute Gasteiger partial charge is 0.244 e. The van der Waals surface area contributed by atoms with E-state index in [1.165, 1.54) is 23.1 Å². The minimum absolute atomic E-state index is 0.0131. The molecule has 12 heteroatoms. The topological polar surface area (TPSA) is 86.8 Å². The van der Waals surface area contributed by atoms with E-state index >= 15 is 0 Å². The Balaban J connectivity index is 2.53. The molecule has 35 heavy (non-hydrogen) atoms. The minimum atomic E-state index is -3.95. The number of sulfonamides is 1. The molecule has 0 aliphatic heterocycles. The van der Waals surface area contributed by atoms with Gasteiger partial charge in [-0.2, -0.15) is 0 Å². The van der Waals surface area contributed by atoms with Crippen molar-refractivity contribution in [3.05, 3.63) is 62.1 Å². The lowest BCUT2D eigenvalue weighted by Gasteiger charge is -2.33. The van der Waals surface area contributed by atoms with Crippen LogP contribution in [0.15, 0.2) is 36.4 Å². The molecule has 0 fully saturated rings. The van der Waals surface area contributed by atoms with Crippen LogP contribution in [0.5, 0.6) is 0 Å². The van der Waals surface area contributed by atoms with Gasteiger partial charge in [-0.1, -0.05) is 72.4 Å². The number of benzene rings is 2. The highest BCUT2D eigenvalue weighted by molar-refractivity contribution is 7.92. The molecule has 0 bridgehead atoms. The van der Waals surface area contributed by atoms with Crippen molar-refractivity contribution in [1.82, 2.24) is 10.2 Å². The van der Waals surface area contributed by atoms with E-state index < -0.39 is 28.5 Å². The predicted octanol–water partition coefficient (Wildman–Crippen LogP) is 5.40. The van der Waals surface area contributed by atoms with Gasteiger partial charge in [0.1, 0.15) is 12.6 Å². The monoisotopic (exact) mass is 581 g/mol. The molecule has 0 aliphatic rings. The van der Waals surface area contributed by atoms with Gasteiger partial charge in [0.2, 0.25) is 21.8 Å². The van der Waals surface area contributed by atoms with E-state index in [-0.39, 0.29) is 34.6 Å². The number of nitrogens with zero attached hydrogens (tertiary/aromatic N) is 2. The van der Waals surface area contributed by atoms with Crippen molar-refractivity contribution in [1.29, 1.82) is 0 Å². The van der Waals surface area contributed by atoms with Gasteiger partial charge in [-0.25, -0.2) is 8.42 Å². The average Bonchev–Trinajstić information content (AvgIpc) is 2.79. The van der Waals surface area contributed by atoms with Gasteiger partial charge in [0.05, 0.1) is 22.0 Å². The fourth-order valence-electron chi connectivity index (χ4n) is 3.42. The standard InChI is InChI=1S/C23H27Cl4N3O4S/c1-4-12-28-23(32)19(5-2)29(13-15-16(24)8-6-9-17(15)25)21(31)14-30(35(3,33)34)20-11-7-10-18(26)22(20)27/h6-11,19H,4-5,12-14H2,1-3H3,(H,28,32). The lowest BCUT2D eigenvalue weighted by molar-refractivity contribution is -0.140. The number of hydrogen-bond donors (Lipinski definition) is 1. The molecule has 0 radical (unpaired) electrons. The number of hydrogen-bond acceptors (Lipinski definition) is 4. The Hall–Kier alpha value is -1.71. The predicted molar refractivity (Wildman–Crippen MR) is 143 cm³/mol. The second-order valence-electron chi connectivity index (χ2n) is 7.78. The van der Waals surface area contributed by atoms with Crippen molar-refractivity contribution in [2.24, 2.45) is 0 Å². The van der Waals surface area contributed by atoms with Crippen molar-refractivity contribution in [2.45, 2.75) is 39.3 Å². The van der Waals surface area contributed by atoms with Gasteiger partial charge >= 0.3 is 0 Å². The number of nitrogens with one attached hydrogen (secondary N) is 1. The van der Waals surface area contributed by atoms with Crippen LogP contribution in [-0.2, 0) is 26.2 Å². The number of anilines is 1. The zero-order valence-electron chi connectivity index (χ0n) is 19.5. The van der Waals surface area contributed by atoms with Crippen molar-refractivity contribution in [3.8, 4) is 0 Å². The van der Waals surface area contributed by atoms with Crippen molar-refractivity contribution in [2.75, 3.05) is 23.7 Å². The summed E-state index contributed by atoms with van der Waals surface area (Å²) in [4.78, 5) is 27.9. The second-order valence-corrected chi connectivity index (χ2v) is 11.3. The molecular formula is C23H27Cl4N3O4S. The van der Waals surface area contributed by atoms with Crippen LogP contribution < -0.4 is 9.62 Å². The largest absolute Gasteiger partial charge is 0.354 e. The van der Waals surface area contributed by atoms with Crippen LogP contribution in [-0.4, -0.2) is 50.5 Å². The molecule has 2 amide bonds. The molecule has 0 saturated carbocycles. The maximum Gasteiger partial charge on any atom is 0.244 e. The van der Waals surface area contributed by atoms with Gasteiger partial charge in [-0.05, 0) is 37.1 Å². The third kappa shape index (κ3) is 7.64. The molecule has 2 rings (SSSR count). The first kappa shape index (κ1) is 29.5. The fraction of sp³-hybridized carbons (Fsp3) is 0.391. The van der Waals surface area contributed by atoms with Crippen LogP contribution in [0.3, 0.4) is 0 Å². The molecule has 2 aromatic carbocycles. The fourth-order valence-corrected chi connectivity index (χ4v) is 5.24. The van der Waals surface area contributed by atoms with E-state index in [4.69, 9.17) is 46.4 Å². The zero-order valence-corrected chi connectivity index (χ0v) is 23.4. The SMILES string of the molecule is CCCNC(=O)C(CC)N(Cc1c(Cl)cccc1Cl)C(=O)CN(c1cccc(Cl)c1Cl)S(C)(=O)=O. The van der Waals surface area contributed by atoms with Gasteiger partial charge in [0.25, 0.3) is 0 Å². The highest BCUT2D eigenvalue weighted by Crippen LogP contribution is 2.34. The van der Waals surface area contributed by atoms with Gasteiger partial charge in [0, 0.05) is 28.7 Å². The van der Waals surface area contributed by atoms with E-state index in [1.807, 2.05) is 6.92 Å². The third-order valence-electron chi connectivity index (χ3n) is 5.20. The highest BCUT2D eigenvalue weighted by atomic mass is 35.5. The van der Waals surface area contributed by atoms with E-state index in [1.54, 1.807) is 25.1 Å². The Bertz CT molecular complexity index is 1160. The molecule has 0 spiro atoms. The first-order valence-corrected chi connectivity index (χ1v) is 14.2. The number of amides is 2. The molecule has 7 nitrogen and oxygen atoms in total. The van der Waals surface area contributed by atoms with Gasteiger partial charge in [0.15, 0.2) is 0 Å². The van der Waals surface area contributed by atoms with Crippen LogP contribution in [0.4, 0.5) is 5.69 Å². The zero-order chi connectivity index (χ0) is 26.3. The van der Waals surface area contributed by atoms with Crippen LogP contribution in [0.2, 0.25) is 20.1 Å². The summed E-state index contributed by atoms with van der Waals surface area (Å²) in [5, 5.41) is 3.55. The summed E-state index contributed by atoms with van der Waals surface area (Å²) >= 11 is 25.0. The molecule has 0 saturated heterocycles. The van der Waals surface area contributed by atoms with Crippen LogP contribution in [0.25, 0.3) is 0 Å². The maximum absolute atomic E-state index is 13.7. The summed E-state index contributed by atoms with van der Waals surface area (Å²) in [5.74, 6) is -1.00. The first-order valence-electron chi connectivity index (χ1n) is 10.8. The second kappa shape index (κ2) is 13.0. The Morgan fingerprint density at radius 2 is 1.54 bits per heavy atom. The first-order chi connectivity index (χ1) is 16.4. The molecule has 1 N–H and O–H groups in total. The Kier molecular flexibility index (Phi) is 11.0. The summed E-state index contributed by atoms with van der Waals surface area (Å²) in [6.45, 7) is 3.38. The van der Waals surface area contributed by atoms with Gasteiger partial charge < -0.3 is 10.2 Å². The summed E-state index contributed by atoms with van der Waals surface area (Å²) in [7, 11) is -3.95. The van der Waals surface area contributed by atoms with Gasteiger partial charge in [-0.15, -0.1) is 0 Å². The van der Waals surface area contributed by atoms with Crippen molar-refractivity contribution < 1.29 is 18.0 Å². The molecule has 1 atom stereocenters. The lowest BCUT2D eigenvalue weighted by Crippen LogP contribution is -2.52. The average molecular weight is 583 g/mol. The summed E-state index contributed by atoms with van der Waals surface area (Å²) in [6, 6.07) is 8.50. The Morgan fingerprint density at radius 3 is 2.09 bits per heavy atom. The summed E-state index contributed by atoms with van der Waals surface area (Å²) < 4.78 is 26.2. The number of carbonyl (C=O) groups excluding carboxylic acids is 2. The van der Waals surface area contributed by atoms with E-state index in [2.05, 4.69) is 5.32 Å². The number of rotatable bonds is 11. The molecule has 2 aromatic rings. The Labute approximate surface area is 226 Å². The summed E-state index contributed by atoms with van der Waals surface area (Å²) in [6.07, 6.45) is 1.94. The highest BCUT2D eigenvalue weighted by Gasteiger charge is 2.33. The molecule has 1 unspecified atom stereocenters. The van der Waals surface area contributed by atoms with Crippen molar-refractivity contribution in [3.63, 3.8) is 0 Å². The van der Waals surface area contributed by atoms with E-state index in [0.717, 1.165) is 10.6 Å². The van der Waals surface area contributed by atoms with Crippen LogP contribution >= 0.6 is 46.4 Å². The third-order valence-corrected chi connectivity index (χ3v) is 7.85. The minimum Gasteiger partial charge on any atom is -0.354 e. The molecule has 0 heterocycles. The molecule has 192 valence electrons. The normalized spacial score (nSPS) is 12.2. The van der Waals surface area contributed by atoms with Crippen LogP contribution in [0.1, 0.15) is 32.3 Å². The van der Waals surface area contributed by atoms with E-state index in [0.29, 0.717) is 28.6 Å². The molecule has 0 aliphatic carbocycles. The maximum atomic E-state index is 13.7. The van der Waals surface area contributed by atoms with Crippen LogP contribution in [0, 0.1) is 0 Å². The van der Waals surface area contributed by atoms with E-state index in [9.17, 15) is 18.0 Å².